The number of nitrogens with zero attached hydrogens (tertiary/aromatic N) is 1. The average molecular weight is 225 g/mol. The van der Waals surface area contributed by atoms with E-state index in [0.717, 1.165) is 18.1 Å². The molecule has 15 heavy (non-hydrogen) atoms. The molecule has 1 aliphatic carbocycles. The molecule has 0 aliphatic heterocycles. The third-order valence-corrected chi connectivity index (χ3v) is 4.00. The molecular weight excluding hydrogens is 206 g/mol. The molecule has 0 saturated heterocycles. The summed E-state index contributed by atoms with van der Waals surface area (Å²) in [5.74, 6) is 0.671. The molecule has 1 aromatic rings. The van der Waals surface area contributed by atoms with Gasteiger partial charge in [0.1, 0.15) is 0 Å². The van der Waals surface area contributed by atoms with E-state index in [9.17, 15) is 0 Å². The highest BCUT2D eigenvalue weighted by Gasteiger charge is 2.25. The first kappa shape index (κ1) is 11.0. The van der Waals surface area contributed by atoms with Crippen molar-refractivity contribution in [1.29, 1.82) is 0 Å². The molecule has 0 bridgehead atoms. The van der Waals surface area contributed by atoms with Crippen LogP contribution in [0.2, 0.25) is 0 Å². The Morgan fingerprint density at radius 2 is 2.47 bits per heavy atom. The van der Waals surface area contributed by atoms with Crippen molar-refractivity contribution in [3.8, 4) is 0 Å². The third kappa shape index (κ3) is 2.77. The lowest BCUT2D eigenvalue weighted by molar-refractivity contribution is 0.405. The smallest absolute Gasteiger partial charge is 0.0897 e. The van der Waals surface area contributed by atoms with Gasteiger partial charge in [-0.25, -0.2) is 4.98 Å². The Bertz CT molecular complexity index is 311. The Morgan fingerprint density at radius 1 is 1.60 bits per heavy atom. The van der Waals surface area contributed by atoms with Crippen LogP contribution in [0.3, 0.4) is 0 Å². The van der Waals surface area contributed by atoms with Crippen molar-refractivity contribution in [2.75, 3.05) is 6.54 Å². The molecule has 1 fully saturated rings. The number of hydrogen-bond donors (Lipinski definition) is 2. The van der Waals surface area contributed by atoms with Crippen molar-refractivity contribution in [1.82, 2.24) is 10.3 Å². The molecule has 0 amide bonds. The minimum atomic E-state index is 0.608. The number of nitrogens with one attached hydrogen (secondary N) is 1. The molecule has 1 heterocycles. The molecular formula is C11H19N3S. The van der Waals surface area contributed by atoms with Crippen LogP contribution in [-0.4, -0.2) is 17.6 Å². The van der Waals surface area contributed by atoms with Crippen LogP contribution in [0.5, 0.6) is 0 Å². The first-order valence-corrected chi connectivity index (χ1v) is 6.52. The second kappa shape index (κ2) is 5.05. The summed E-state index contributed by atoms with van der Waals surface area (Å²) < 4.78 is 0. The molecule has 1 saturated carbocycles. The molecule has 0 spiro atoms. The minimum Gasteiger partial charge on any atom is -0.330 e. The second-order valence-electron chi connectivity index (χ2n) is 4.27. The molecule has 1 aliphatic rings. The fraction of sp³-hybridized carbons (Fsp3) is 0.727. The maximum atomic E-state index is 5.74. The van der Waals surface area contributed by atoms with E-state index in [1.165, 1.54) is 25.0 Å². The Labute approximate surface area is 95.1 Å². The Balaban J connectivity index is 1.82. The van der Waals surface area contributed by atoms with Crippen LogP contribution in [0, 0.1) is 12.8 Å². The van der Waals surface area contributed by atoms with E-state index in [4.69, 9.17) is 5.73 Å². The summed E-state index contributed by atoms with van der Waals surface area (Å²) in [4.78, 5) is 4.45. The number of hydrogen-bond acceptors (Lipinski definition) is 4. The standard InChI is InChI=1S/C11H19N3S/c1-8-14-10(7-15-8)6-13-11-4-2-3-9(11)5-12/h7,9,11,13H,2-6,12H2,1H3. The van der Waals surface area contributed by atoms with Gasteiger partial charge in [0.15, 0.2) is 0 Å². The van der Waals surface area contributed by atoms with Crippen molar-refractivity contribution >= 4 is 11.3 Å². The molecule has 0 aromatic carbocycles. The van der Waals surface area contributed by atoms with Gasteiger partial charge in [-0.2, -0.15) is 0 Å². The van der Waals surface area contributed by atoms with Gasteiger partial charge in [0, 0.05) is 18.0 Å². The Morgan fingerprint density at radius 3 is 3.13 bits per heavy atom. The van der Waals surface area contributed by atoms with E-state index in [1.54, 1.807) is 11.3 Å². The molecule has 2 unspecified atom stereocenters. The Hall–Kier alpha value is -0.450. The summed E-state index contributed by atoms with van der Waals surface area (Å²) in [6.07, 6.45) is 3.87. The van der Waals surface area contributed by atoms with E-state index < -0.39 is 0 Å². The van der Waals surface area contributed by atoms with E-state index in [0.29, 0.717) is 12.0 Å². The normalized spacial score (nSPS) is 26.0. The summed E-state index contributed by atoms with van der Waals surface area (Å²) in [6.45, 7) is 3.76. The fourth-order valence-corrected chi connectivity index (χ4v) is 2.93. The summed E-state index contributed by atoms with van der Waals surface area (Å²) in [5.41, 5.74) is 6.91. The number of nitrogens with two attached hydrogens (primary N) is 1. The van der Waals surface area contributed by atoms with E-state index in [-0.39, 0.29) is 0 Å². The van der Waals surface area contributed by atoms with Gasteiger partial charge in [0.2, 0.25) is 0 Å². The molecule has 4 heteroatoms. The van der Waals surface area contributed by atoms with Gasteiger partial charge >= 0.3 is 0 Å². The van der Waals surface area contributed by atoms with Crippen molar-refractivity contribution < 1.29 is 0 Å². The van der Waals surface area contributed by atoms with Gasteiger partial charge in [-0.05, 0) is 32.2 Å². The van der Waals surface area contributed by atoms with Gasteiger partial charge in [-0.3, -0.25) is 0 Å². The number of aromatic nitrogens is 1. The van der Waals surface area contributed by atoms with Crippen molar-refractivity contribution in [2.45, 2.75) is 38.8 Å². The monoisotopic (exact) mass is 225 g/mol. The average Bonchev–Trinajstić information content (AvgIpc) is 2.83. The summed E-state index contributed by atoms with van der Waals surface area (Å²) in [7, 11) is 0. The van der Waals surface area contributed by atoms with Crippen LogP contribution in [0.4, 0.5) is 0 Å². The maximum absolute atomic E-state index is 5.74. The van der Waals surface area contributed by atoms with E-state index >= 15 is 0 Å². The van der Waals surface area contributed by atoms with Gasteiger partial charge in [0.25, 0.3) is 0 Å². The minimum absolute atomic E-state index is 0.608. The molecule has 2 rings (SSSR count). The number of aryl methyl sites for hydroxylation is 1. The van der Waals surface area contributed by atoms with E-state index in [2.05, 4.69) is 15.7 Å². The highest BCUT2D eigenvalue weighted by atomic mass is 32.1. The largest absolute Gasteiger partial charge is 0.330 e. The summed E-state index contributed by atoms with van der Waals surface area (Å²) >= 11 is 1.72. The van der Waals surface area contributed by atoms with Gasteiger partial charge < -0.3 is 11.1 Å². The molecule has 84 valence electrons. The van der Waals surface area contributed by atoms with Crippen LogP contribution in [0.15, 0.2) is 5.38 Å². The van der Waals surface area contributed by atoms with Crippen LogP contribution < -0.4 is 11.1 Å². The van der Waals surface area contributed by atoms with Crippen LogP contribution in [0.1, 0.15) is 30.0 Å². The first-order valence-electron chi connectivity index (χ1n) is 5.64. The second-order valence-corrected chi connectivity index (χ2v) is 5.33. The van der Waals surface area contributed by atoms with Crippen molar-refractivity contribution in [3.63, 3.8) is 0 Å². The predicted octanol–water partition coefficient (Wildman–Crippen LogP) is 1.67. The number of thiazole rings is 1. The SMILES string of the molecule is Cc1nc(CNC2CCCC2CN)cs1. The lowest BCUT2D eigenvalue weighted by Crippen LogP contribution is -2.35. The lowest BCUT2D eigenvalue weighted by Gasteiger charge is -2.18. The predicted molar refractivity (Wildman–Crippen MR) is 63.9 cm³/mol. The fourth-order valence-electron chi connectivity index (χ4n) is 2.31. The highest BCUT2D eigenvalue weighted by molar-refractivity contribution is 7.09. The van der Waals surface area contributed by atoms with Gasteiger partial charge in [0.05, 0.1) is 10.7 Å². The summed E-state index contributed by atoms with van der Waals surface area (Å²) in [5, 5.41) is 6.86. The van der Waals surface area contributed by atoms with E-state index in [1.807, 2.05) is 6.92 Å². The Kier molecular flexibility index (Phi) is 3.72. The zero-order valence-electron chi connectivity index (χ0n) is 9.20. The number of rotatable bonds is 4. The highest BCUT2D eigenvalue weighted by Crippen LogP contribution is 2.24. The summed E-state index contributed by atoms with van der Waals surface area (Å²) in [6, 6.07) is 0.608. The topological polar surface area (TPSA) is 50.9 Å². The molecule has 2 atom stereocenters. The quantitative estimate of drug-likeness (QED) is 0.819. The third-order valence-electron chi connectivity index (χ3n) is 3.17. The van der Waals surface area contributed by atoms with Crippen LogP contribution in [-0.2, 0) is 6.54 Å². The molecule has 0 radical (unpaired) electrons. The maximum Gasteiger partial charge on any atom is 0.0897 e. The van der Waals surface area contributed by atoms with Gasteiger partial charge in [-0.15, -0.1) is 11.3 Å². The van der Waals surface area contributed by atoms with Crippen LogP contribution in [0.25, 0.3) is 0 Å². The molecule has 3 N–H and O–H groups in total. The van der Waals surface area contributed by atoms with Gasteiger partial charge in [-0.1, -0.05) is 6.42 Å². The molecule has 3 nitrogen and oxygen atoms in total. The van der Waals surface area contributed by atoms with Crippen LogP contribution >= 0.6 is 11.3 Å². The zero-order valence-corrected chi connectivity index (χ0v) is 10.0. The molecule has 1 aromatic heterocycles. The van der Waals surface area contributed by atoms with Crippen molar-refractivity contribution in [3.05, 3.63) is 16.1 Å². The van der Waals surface area contributed by atoms with Crippen molar-refractivity contribution in [2.24, 2.45) is 11.7 Å². The zero-order chi connectivity index (χ0) is 10.7. The lowest BCUT2D eigenvalue weighted by atomic mass is 10.0. The first-order chi connectivity index (χ1) is 7.29.